The number of nitrogens with one attached hydrogen (secondary N) is 3. The summed E-state index contributed by atoms with van der Waals surface area (Å²) in [7, 11) is 0. The molecule has 1 aromatic carbocycles. The Labute approximate surface area is 195 Å². The van der Waals surface area contributed by atoms with E-state index >= 15 is 0 Å². The summed E-state index contributed by atoms with van der Waals surface area (Å²) in [6.45, 7) is 1.30. The van der Waals surface area contributed by atoms with Crippen LogP contribution in [0.2, 0.25) is 0 Å². The molecule has 33 heavy (non-hydrogen) atoms. The Morgan fingerprint density at radius 2 is 1.52 bits per heavy atom. The van der Waals surface area contributed by atoms with Crippen molar-refractivity contribution in [3.05, 3.63) is 35.9 Å². The van der Waals surface area contributed by atoms with E-state index in [1.54, 1.807) is 30.3 Å². The van der Waals surface area contributed by atoms with Gasteiger partial charge in [0, 0.05) is 6.42 Å². The molecule has 12 heteroatoms. The van der Waals surface area contributed by atoms with Crippen molar-refractivity contribution in [1.29, 1.82) is 0 Å². The van der Waals surface area contributed by atoms with Gasteiger partial charge in [-0.15, -0.1) is 0 Å². The first-order valence-corrected chi connectivity index (χ1v) is 11.6. The standard InChI is InChI=1S/C21H30N4O7S/c1-12(21(31)32)23-19(29)15(8-9-33-2)24-20(30)16(10-13-6-4-3-5-7-13)25-18(28)14(22)11-17(26)27/h3-7,12,14-16H,8-11,22H2,1-2H3,(H,23,29)(H,24,30)(H,25,28)(H,26,27)(H,31,32). The van der Waals surface area contributed by atoms with E-state index in [-0.39, 0.29) is 12.8 Å². The molecule has 0 aromatic heterocycles. The zero-order valence-corrected chi connectivity index (χ0v) is 19.3. The summed E-state index contributed by atoms with van der Waals surface area (Å²) in [5, 5.41) is 25.2. The minimum Gasteiger partial charge on any atom is -0.481 e. The van der Waals surface area contributed by atoms with E-state index in [1.807, 2.05) is 6.26 Å². The van der Waals surface area contributed by atoms with Crippen molar-refractivity contribution in [1.82, 2.24) is 16.0 Å². The maximum Gasteiger partial charge on any atom is 0.325 e. The third-order valence-corrected chi connectivity index (χ3v) is 5.26. The number of carbonyl (C=O) groups is 5. The largest absolute Gasteiger partial charge is 0.481 e. The monoisotopic (exact) mass is 482 g/mol. The summed E-state index contributed by atoms with van der Waals surface area (Å²) in [5.74, 6) is -4.14. The smallest absolute Gasteiger partial charge is 0.325 e. The molecule has 0 bridgehead atoms. The molecule has 1 aromatic rings. The van der Waals surface area contributed by atoms with E-state index in [4.69, 9.17) is 15.9 Å². The predicted molar refractivity (Wildman–Crippen MR) is 122 cm³/mol. The van der Waals surface area contributed by atoms with Crippen molar-refractivity contribution in [3.63, 3.8) is 0 Å². The Bertz CT molecular complexity index is 837. The van der Waals surface area contributed by atoms with Crippen LogP contribution >= 0.6 is 11.8 Å². The zero-order valence-electron chi connectivity index (χ0n) is 18.4. The molecular weight excluding hydrogens is 452 g/mol. The molecule has 0 aliphatic rings. The number of benzene rings is 1. The molecule has 0 spiro atoms. The number of carboxylic acids is 2. The number of hydrogen-bond acceptors (Lipinski definition) is 7. The second-order valence-corrected chi connectivity index (χ2v) is 8.35. The minimum absolute atomic E-state index is 0.0700. The summed E-state index contributed by atoms with van der Waals surface area (Å²) in [6, 6.07) is 4.10. The molecule has 7 N–H and O–H groups in total. The maximum absolute atomic E-state index is 13.0. The van der Waals surface area contributed by atoms with Gasteiger partial charge in [0.25, 0.3) is 0 Å². The van der Waals surface area contributed by atoms with Crippen molar-refractivity contribution in [2.24, 2.45) is 5.73 Å². The maximum atomic E-state index is 13.0. The number of nitrogens with two attached hydrogens (primary N) is 1. The predicted octanol–water partition coefficient (Wildman–Crippen LogP) is -0.657. The van der Waals surface area contributed by atoms with Gasteiger partial charge in [-0.25, -0.2) is 0 Å². The topological polar surface area (TPSA) is 188 Å². The Hall–Kier alpha value is -3.12. The van der Waals surface area contributed by atoms with E-state index in [9.17, 15) is 24.0 Å². The summed E-state index contributed by atoms with van der Waals surface area (Å²) in [4.78, 5) is 59.9. The van der Waals surface area contributed by atoms with Gasteiger partial charge in [0.15, 0.2) is 0 Å². The normalized spacial score (nSPS) is 14.3. The average molecular weight is 483 g/mol. The van der Waals surface area contributed by atoms with E-state index in [1.165, 1.54) is 18.7 Å². The van der Waals surface area contributed by atoms with Crippen molar-refractivity contribution in [3.8, 4) is 0 Å². The first kappa shape index (κ1) is 27.9. The van der Waals surface area contributed by atoms with Crippen molar-refractivity contribution >= 4 is 41.4 Å². The SMILES string of the molecule is CSCCC(NC(=O)C(Cc1ccccc1)NC(=O)C(N)CC(=O)O)C(=O)NC(C)C(=O)O. The van der Waals surface area contributed by atoms with Gasteiger partial charge in [0.2, 0.25) is 17.7 Å². The van der Waals surface area contributed by atoms with Crippen molar-refractivity contribution < 1.29 is 34.2 Å². The van der Waals surface area contributed by atoms with Crippen LogP contribution in [0.4, 0.5) is 0 Å². The quantitative estimate of drug-likeness (QED) is 0.200. The number of aliphatic carboxylic acids is 2. The molecule has 0 heterocycles. The molecule has 0 radical (unpaired) electrons. The third-order valence-electron chi connectivity index (χ3n) is 4.62. The summed E-state index contributed by atoms with van der Waals surface area (Å²) >= 11 is 1.44. The van der Waals surface area contributed by atoms with Crippen molar-refractivity contribution in [2.45, 2.75) is 50.4 Å². The molecule has 0 aliphatic heterocycles. The van der Waals surface area contributed by atoms with Crippen molar-refractivity contribution in [2.75, 3.05) is 12.0 Å². The van der Waals surface area contributed by atoms with Crippen LogP contribution in [0, 0.1) is 0 Å². The van der Waals surface area contributed by atoms with Crippen LogP contribution in [-0.4, -0.2) is 76.0 Å². The molecular formula is C21H30N4O7S. The van der Waals surface area contributed by atoms with E-state index in [0.717, 1.165) is 5.56 Å². The van der Waals surface area contributed by atoms with E-state index in [0.29, 0.717) is 5.75 Å². The minimum atomic E-state index is -1.36. The molecule has 0 saturated heterocycles. The summed E-state index contributed by atoms with van der Waals surface area (Å²) in [5.41, 5.74) is 6.33. The highest BCUT2D eigenvalue weighted by Crippen LogP contribution is 2.07. The first-order valence-electron chi connectivity index (χ1n) is 10.2. The lowest BCUT2D eigenvalue weighted by atomic mass is 10.0. The van der Waals surface area contributed by atoms with Gasteiger partial charge < -0.3 is 31.9 Å². The lowest BCUT2D eigenvalue weighted by Crippen LogP contribution is -2.57. The molecule has 3 amide bonds. The molecule has 4 atom stereocenters. The summed E-state index contributed by atoms with van der Waals surface area (Å²) in [6.07, 6.45) is 1.51. The van der Waals surface area contributed by atoms with Crippen LogP contribution in [0.15, 0.2) is 30.3 Å². The number of amides is 3. The molecule has 182 valence electrons. The Kier molecular flexibility index (Phi) is 11.9. The van der Waals surface area contributed by atoms with E-state index < -0.39 is 60.2 Å². The number of carbonyl (C=O) groups excluding carboxylic acids is 3. The van der Waals surface area contributed by atoms with Crippen LogP contribution in [-0.2, 0) is 30.4 Å². The fourth-order valence-corrected chi connectivity index (χ4v) is 3.24. The van der Waals surface area contributed by atoms with Crippen LogP contribution < -0.4 is 21.7 Å². The zero-order chi connectivity index (χ0) is 25.0. The molecule has 0 saturated carbocycles. The third kappa shape index (κ3) is 10.4. The van der Waals surface area contributed by atoms with Gasteiger partial charge in [-0.3, -0.25) is 24.0 Å². The van der Waals surface area contributed by atoms with Crippen LogP contribution in [0.3, 0.4) is 0 Å². The fourth-order valence-electron chi connectivity index (χ4n) is 2.77. The highest BCUT2D eigenvalue weighted by Gasteiger charge is 2.29. The summed E-state index contributed by atoms with van der Waals surface area (Å²) < 4.78 is 0. The van der Waals surface area contributed by atoms with Gasteiger partial charge in [-0.2, -0.15) is 11.8 Å². The highest BCUT2D eigenvalue weighted by molar-refractivity contribution is 7.98. The van der Waals surface area contributed by atoms with Crippen LogP contribution in [0.25, 0.3) is 0 Å². The van der Waals surface area contributed by atoms with Crippen LogP contribution in [0.1, 0.15) is 25.3 Å². The number of hydrogen-bond donors (Lipinski definition) is 6. The Balaban J connectivity index is 3.03. The van der Waals surface area contributed by atoms with Gasteiger partial charge in [0.1, 0.15) is 18.1 Å². The Morgan fingerprint density at radius 1 is 0.939 bits per heavy atom. The first-order chi connectivity index (χ1) is 15.5. The lowest BCUT2D eigenvalue weighted by molar-refractivity contribution is -0.141. The van der Waals surface area contributed by atoms with Crippen LogP contribution in [0.5, 0.6) is 0 Å². The van der Waals surface area contributed by atoms with Gasteiger partial charge >= 0.3 is 11.9 Å². The van der Waals surface area contributed by atoms with Gasteiger partial charge in [0.05, 0.1) is 12.5 Å². The van der Waals surface area contributed by atoms with E-state index in [2.05, 4.69) is 16.0 Å². The number of thioether (sulfide) groups is 1. The fraction of sp³-hybridized carbons (Fsp3) is 0.476. The molecule has 0 fully saturated rings. The molecule has 11 nitrogen and oxygen atoms in total. The second-order valence-electron chi connectivity index (χ2n) is 7.37. The number of rotatable bonds is 14. The lowest BCUT2D eigenvalue weighted by Gasteiger charge is -2.24. The molecule has 1 rings (SSSR count). The van der Waals surface area contributed by atoms with Gasteiger partial charge in [-0.1, -0.05) is 30.3 Å². The van der Waals surface area contributed by atoms with Gasteiger partial charge in [-0.05, 0) is 30.9 Å². The molecule has 0 aliphatic carbocycles. The second kappa shape index (κ2) is 14.1. The Morgan fingerprint density at radius 3 is 2.06 bits per heavy atom. The average Bonchev–Trinajstić information content (AvgIpc) is 2.75. The molecule has 4 unspecified atom stereocenters. The number of carboxylic acid groups (broad SMARTS) is 2. The highest BCUT2D eigenvalue weighted by atomic mass is 32.2.